The summed E-state index contributed by atoms with van der Waals surface area (Å²) in [5.41, 5.74) is 6.73. The summed E-state index contributed by atoms with van der Waals surface area (Å²) >= 11 is 11.9. The average molecular weight is 315 g/mol. The molecule has 2 N–H and O–H groups in total. The van der Waals surface area contributed by atoms with E-state index in [0.717, 1.165) is 24.8 Å². The van der Waals surface area contributed by atoms with E-state index in [2.05, 4.69) is 0 Å². The number of nitrogens with zero attached hydrogens (tertiary/aromatic N) is 1. The molecule has 0 aromatic heterocycles. The van der Waals surface area contributed by atoms with Crippen molar-refractivity contribution in [3.05, 3.63) is 33.8 Å². The van der Waals surface area contributed by atoms with Gasteiger partial charge in [0, 0.05) is 19.5 Å². The molecule has 0 spiro atoms. The summed E-state index contributed by atoms with van der Waals surface area (Å²) in [4.78, 5) is 14.2. The second-order valence-corrected chi connectivity index (χ2v) is 6.29. The highest BCUT2D eigenvalue weighted by Crippen LogP contribution is 2.32. The third kappa shape index (κ3) is 3.46. The molecule has 1 aromatic carbocycles. The van der Waals surface area contributed by atoms with Gasteiger partial charge >= 0.3 is 0 Å². The van der Waals surface area contributed by atoms with Crippen molar-refractivity contribution in [2.24, 2.45) is 17.6 Å². The predicted octanol–water partition coefficient (Wildman–Crippen LogP) is 3.33. The lowest BCUT2D eigenvalue weighted by Crippen LogP contribution is -2.36. The standard InChI is InChI=1S/C15H20Cl2N2O/c1-19(9-10-5-6-13(16)14(17)7-10)15(20)12-4-2-3-11(12)8-18/h5-7,11-12H,2-4,8-9,18H2,1H3. The maximum atomic E-state index is 12.5. The third-order valence-electron chi connectivity index (χ3n) is 4.06. The van der Waals surface area contributed by atoms with Crippen molar-refractivity contribution in [1.82, 2.24) is 4.90 Å². The molecule has 2 unspecified atom stereocenters. The Labute approximate surface area is 130 Å². The normalized spacial score (nSPS) is 22.0. The summed E-state index contributed by atoms with van der Waals surface area (Å²) < 4.78 is 0. The predicted molar refractivity (Wildman–Crippen MR) is 82.8 cm³/mol. The molecular weight excluding hydrogens is 295 g/mol. The number of hydrogen-bond donors (Lipinski definition) is 1. The van der Waals surface area contributed by atoms with Crippen LogP contribution in [0.1, 0.15) is 24.8 Å². The van der Waals surface area contributed by atoms with E-state index in [-0.39, 0.29) is 11.8 Å². The van der Waals surface area contributed by atoms with Crippen LogP contribution in [0.3, 0.4) is 0 Å². The molecule has 0 aliphatic heterocycles. The van der Waals surface area contributed by atoms with E-state index in [0.29, 0.717) is 29.1 Å². The van der Waals surface area contributed by atoms with Gasteiger partial charge in [0.1, 0.15) is 0 Å². The minimum absolute atomic E-state index is 0.0766. The summed E-state index contributed by atoms with van der Waals surface area (Å²) in [7, 11) is 1.83. The molecule has 0 radical (unpaired) electrons. The molecule has 1 aromatic rings. The van der Waals surface area contributed by atoms with Crippen molar-refractivity contribution >= 4 is 29.1 Å². The van der Waals surface area contributed by atoms with Gasteiger partial charge in [-0.15, -0.1) is 0 Å². The van der Waals surface area contributed by atoms with Crippen LogP contribution >= 0.6 is 23.2 Å². The Morgan fingerprint density at radius 3 is 2.75 bits per heavy atom. The first-order valence-corrected chi connectivity index (χ1v) is 7.67. The first kappa shape index (κ1) is 15.6. The van der Waals surface area contributed by atoms with Crippen LogP contribution in [0.5, 0.6) is 0 Å². The lowest BCUT2D eigenvalue weighted by atomic mass is 9.95. The Morgan fingerprint density at radius 1 is 1.35 bits per heavy atom. The number of rotatable bonds is 4. The van der Waals surface area contributed by atoms with Crippen molar-refractivity contribution in [1.29, 1.82) is 0 Å². The molecular formula is C15H20Cl2N2O. The summed E-state index contributed by atoms with van der Waals surface area (Å²) in [5, 5.41) is 1.05. The third-order valence-corrected chi connectivity index (χ3v) is 4.80. The van der Waals surface area contributed by atoms with Gasteiger partial charge in [0.15, 0.2) is 0 Å². The minimum atomic E-state index is 0.0766. The number of nitrogens with two attached hydrogens (primary N) is 1. The van der Waals surface area contributed by atoms with Gasteiger partial charge in [-0.1, -0.05) is 35.7 Å². The molecule has 2 atom stereocenters. The number of hydrogen-bond acceptors (Lipinski definition) is 2. The zero-order chi connectivity index (χ0) is 14.7. The van der Waals surface area contributed by atoms with Gasteiger partial charge in [0.25, 0.3) is 0 Å². The summed E-state index contributed by atoms with van der Waals surface area (Å²) in [6.45, 7) is 1.14. The van der Waals surface area contributed by atoms with Crippen molar-refractivity contribution < 1.29 is 4.79 Å². The van der Waals surface area contributed by atoms with Crippen molar-refractivity contribution in [2.45, 2.75) is 25.8 Å². The van der Waals surface area contributed by atoms with Crippen molar-refractivity contribution in [2.75, 3.05) is 13.6 Å². The molecule has 1 fully saturated rings. The molecule has 1 aliphatic rings. The van der Waals surface area contributed by atoms with Crippen LogP contribution in [0.2, 0.25) is 10.0 Å². The van der Waals surface area contributed by atoms with E-state index in [1.165, 1.54) is 0 Å². The number of carbonyl (C=O) groups excluding carboxylic acids is 1. The molecule has 1 aliphatic carbocycles. The molecule has 5 heteroatoms. The Bertz CT molecular complexity index is 493. The Balaban J connectivity index is 2.02. The van der Waals surface area contributed by atoms with Crippen LogP contribution in [-0.2, 0) is 11.3 Å². The minimum Gasteiger partial charge on any atom is -0.341 e. The van der Waals surface area contributed by atoms with E-state index in [9.17, 15) is 4.79 Å². The van der Waals surface area contributed by atoms with E-state index in [4.69, 9.17) is 28.9 Å². The largest absolute Gasteiger partial charge is 0.341 e. The Kier molecular flexibility index (Phi) is 5.30. The van der Waals surface area contributed by atoms with Gasteiger partial charge in [-0.3, -0.25) is 4.79 Å². The van der Waals surface area contributed by atoms with Gasteiger partial charge < -0.3 is 10.6 Å². The summed E-state index contributed by atoms with van der Waals surface area (Å²) in [6.07, 6.45) is 3.11. The van der Waals surface area contributed by atoms with Gasteiger partial charge in [0.2, 0.25) is 5.91 Å². The number of amides is 1. The van der Waals surface area contributed by atoms with Crippen LogP contribution in [0.15, 0.2) is 18.2 Å². The number of benzene rings is 1. The molecule has 0 bridgehead atoms. The molecule has 3 nitrogen and oxygen atoms in total. The van der Waals surface area contributed by atoms with Gasteiger partial charge in [-0.25, -0.2) is 0 Å². The summed E-state index contributed by atoms with van der Waals surface area (Å²) in [5.74, 6) is 0.593. The SMILES string of the molecule is CN(Cc1ccc(Cl)c(Cl)c1)C(=O)C1CCCC1CN. The molecule has 0 saturated heterocycles. The number of halogens is 2. The monoisotopic (exact) mass is 314 g/mol. The fourth-order valence-electron chi connectivity index (χ4n) is 2.92. The van der Waals surface area contributed by atoms with Crippen LogP contribution in [0.4, 0.5) is 0 Å². The molecule has 1 amide bonds. The fraction of sp³-hybridized carbons (Fsp3) is 0.533. The zero-order valence-corrected chi connectivity index (χ0v) is 13.1. The van der Waals surface area contributed by atoms with E-state index in [1.807, 2.05) is 19.2 Å². The van der Waals surface area contributed by atoms with Crippen LogP contribution in [0.25, 0.3) is 0 Å². The van der Waals surface area contributed by atoms with Crippen molar-refractivity contribution in [3.8, 4) is 0 Å². The second kappa shape index (κ2) is 6.79. The molecule has 2 rings (SSSR count). The quantitative estimate of drug-likeness (QED) is 0.926. The van der Waals surface area contributed by atoms with Crippen molar-refractivity contribution in [3.63, 3.8) is 0 Å². The Hall–Kier alpha value is -0.770. The van der Waals surface area contributed by atoms with Crippen LogP contribution in [0, 0.1) is 11.8 Å². The average Bonchev–Trinajstić information content (AvgIpc) is 2.90. The fourth-order valence-corrected chi connectivity index (χ4v) is 3.24. The highest BCUT2D eigenvalue weighted by molar-refractivity contribution is 6.42. The van der Waals surface area contributed by atoms with Gasteiger partial charge in [-0.05, 0) is 43.0 Å². The second-order valence-electron chi connectivity index (χ2n) is 5.48. The number of carbonyl (C=O) groups is 1. The molecule has 110 valence electrons. The Morgan fingerprint density at radius 2 is 2.10 bits per heavy atom. The van der Waals surface area contributed by atoms with Gasteiger partial charge in [-0.2, -0.15) is 0 Å². The van der Waals surface area contributed by atoms with E-state index >= 15 is 0 Å². The zero-order valence-electron chi connectivity index (χ0n) is 11.6. The molecule has 20 heavy (non-hydrogen) atoms. The highest BCUT2D eigenvalue weighted by atomic mass is 35.5. The lowest BCUT2D eigenvalue weighted by molar-refractivity contribution is -0.135. The smallest absolute Gasteiger partial charge is 0.226 e. The van der Waals surface area contributed by atoms with Crippen LogP contribution < -0.4 is 5.73 Å². The first-order valence-electron chi connectivity index (χ1n) is 6.92. The van der Waals surface area contributed by atoms with E-state index in [1.54, 1.807) is 11.0 Å². The molecule has 1 saturated carbocycles. The maximum Gasteiger partial charge on any atom is 0.226 e. The van der Waals surface area contributed by atoms with Crippen LogP contribution in [-0.4, -0.2) is 24.4 Å². The maximum absolute atomic E-state index is 12.5. The topological polar surface area (TPSA) is 46.3 Å². The lowest BCUT2D eigenvalue weighted by Gasteiger charge is -2.24. The first-order chi connectivity index (χ1) is 9.52. The highest BCUT2D eigenvalue weighted by Gasteiger charge is 2.33. The van der Waals surface area contributed by atoms with E-state index < -0.39 is 0 Å². The summed E-state index contributed by atoms with van der Waals surface area (Å²) in [6, 6.07) is 5.46. The van der Waals surface area contributed by atoms with Gasteiger partial charge in [0.05, 0.1) is 10.0 Å². The molecule has 0 heterocycles.